The molecular weight excluding hydrogens is 410 g/mol. The van der Waals surface area contributed by atoms with Crippen LogP contribution in [0.25, 0.3) is 10.8 Å². The number of carbonyl (C=O) groups excluding carboxylic acids is 1. The summed E-state index contributed by atoms with van der Waals surface area (Å²) in [6.45, 7) is 6.57. The number of piperidine rings is 1. The Morgan fingerprint density at radius 2 is 1.94 bits per heavy atom. The number of nitrogens with zero attached hydrogens (tertiary/aromatic N) is 3. The number of aromatic nitrogens is 2. The van der Waals surface area contributed by atoms with Gasteiger partial charge in [0.25, 0.3) is 5.91 Å². The maximum Gasteiger partial charge on any atom is 0.255 e. The highest BCUT2D eigenvalue weighted by Gasteiger charge is 2.24. The number of aryl methyl sites for hydroxylation is 1. The van der Waals surface area contributed by atoms with E-state index in [1.54, 1.807) is 6.20 Å². The van der Waals surface area contributed by atoms with Gasteiger partial charge in [0, 0.05) is 72.6 Å². The van der Waals surface area contributed by atoms with E-state index in [4.69, 9.17) is 0 Å². The summed E-state index contributed by atoms with van der Waals surface area (Å²) < 4.78 is 0. The molecule has 1 amide bonds. The third-order valence-corrected chi connectivity index (χ3v) is 6.82. The quantitative estimate of drug-likeness (QED) is 0.617. The molecule has 2 aliphatic heterocycles. The smallest absolute Gasteiger partial charge is 0.255 e. The van der Waals surface area contributed by atoms with E-state index in [1.165, 1.54) is 16.6 Å². The fourth-order valence-corrected chi connectivity index (χ4v) is 4.91. The van der Waals surface area contributed by atoms with Gasteiger partial charge in [0.1, 0.15) is 0 Å². The van der Waals surface area contributed by atoms with Crippen molar-refractivity contribution >= 4 is 22.4 Å². The Morgan fingerprint density at radius 3 is 2.70 bits per heavy atom. The number of rotatable bonds is 4. The van der Waals surface area contributed by atoms with Crippen LogP contribution < -0.4 is 10.6 Å². The number of benzene rings is 1. The van der Waals surface area contributed by atoms with Crippen LogP contribution in [0.15, 0.2) is 60.7 Å². The number of anilines is 1. The molecule has 5 rings (SSSR count). The minimum Gasteiger partial charge on any atom is -0.389 e. The van der Waals surface area contributed by atoms with Crippen molar-refractivity contribution < 1.29 is 4.79 Å². The molecule has 170 valence electrons. The van der Waals surface area contributed by atoms with Gasteiger partial charge in [0.05, 0.1) is 5.56 Å². The van der Waals surface area contributed by atoms with E-state index in [-0.39, 0.29) is 5.91 Å². The summed E-state index contributed by atoms with van der Waals surface area (Å²) in [5.74, 6) is 0.498. The summed E-state index contributed by atoms with van der Waals surface area (Å²) in [5, 5.41) is 9.59. The van der Waals surface area contributed by atoms with E-state index in [1.807, 2.05) is 36.4 Å². The molecule has 1 fully saturated rings. The monoisotopic (exact) mass is 441 g/mol. The second-order valence-electron chi connectivity index (χ2n) is 9.24. The van der Waals surface area contributed by atoms with Crippen LogP contribution in [0.2, 0.25) is 0 Å². The number of hydrogen-bond donors (Lipinski definition) is 2. The lowest BCUT2D eigenvalue weighted by molar-refractivity contribution is 0.0718. The molecule has 33 heavy (non-hydrogen) atoms. The first-order chi connectivity index (χ1) is 16.1. The number of fused-ring (bicyclic) bond motifs is 1. The zero-order chi connectivity index (χ0) is 22.8. The summed E-state index contributed by atoms with van der Waals surface area (Å²) in [7, 11) is 0. The van der Waals surface area contributed by atoms with Crippen LogP contribution in [-0.2, 0) is 0 Å². The van der Waals surface area contributed by atoms with Gasteiger partial charge in [0.2, 0.25) is 0 Å². The topological polar surface area (TPSA) is 70.2 Å². The van der Waals surface area contributed by atoms with Gasteiger partial charge in [-0.05, 0) is 68.3 Å². The third-order valence-electron chi connectivity index (χ3n) is 6.82. The molecule has 6 heteroatoms. The van der Waals surface area contributed by atoms with Gasteiger partial charge in [-0.15, -0.1) is 0 Å². The Bertz CT molecular complexity index is 1180. The molecule has 4 heterocycles. The predicted molar refractivity (Wildman–Crippen MR) is 132 cm³/mol. The Labute approximate surface area is 195 Å². The maximum atomic E-state index is 12.8. The molecule has 2 N–H and O–H groups in total. The first kappa shape index (κ1) is 21.4. The number of allylic oxidation sites excluding steroid dienone is 2. The first-order valence-electron chi connectivity index (χ1n) is 11.9. The van der Waals surface area contributed by atoms with Crippen LogP contribution in [0.4, 0.5) is 5.69 Å². The van der Waals surface area contributed by atoms with Crippen molar-refractivity contribution in [3.63, 3.8) is 0 Å². The van der Waals surface area contributed by atoms with Crippen molar-refractivity contribution in [2.45, 2.75) is 45.1 Å². The molecule has 1 unspecified atom stereocenters. The standard InChI is InChI=1S/C27H31N5O/c1-18-3-4-22(16-30-18)27(33)32-11-7-24(8-12-32)31-26-15-23(20-6-10-29-19(2)13-20)14-21-5-9-28-17-25(21)26/h3-5,9,13-17,20,24,29,31H,6-8,10-12H2,1-2H3. The molecule has 1 aromatic carbocycles. The van der Waals surface area contributed by atoms with Gasteiger partial charge < -0.3 is 15.5 Å². The molecule has 0 saturated carbocycles. The molecule has 0 aliphatic carbocycles. The van der Waals surface area contributed by atoms with Crippen molar-refractivity contribution in [2.24, 2.45) is 0 Å². The number of likely N-dealkylation sites (tertiary alicyclic amines) is 1. The van der Waals surface area contributed by atoms with Crippen LogP contribution in [0, 0.1) is 6.92 Å². The van der Waals surface area contributed by atoms with E-state index >= 15 is 0 Å². The fraction of sp³-hybridized carbons (Fsp3) is 0.370. The Kier molecular flexibility index (Phi) is 5.99. The lowest BCUT2D eigenvalue weighted by atomic mass is 9.90. The highest BCUT2D eigenvalue weighted by molar-refractivity contribution is 5.95. The Balaban J connectivity index is 1.32. The molecule has 0 bridgehead atoms. The average molecular weight is 442 g/mol. The van der Waals surface area contributed by atoms with E-state index in [2.05, 4.69) is 51.8 Å². The maximum absolute atomic E-state index is 12.8. The zero-order valence-corrected chi connectivity index (χ0v) is 19.3. The number of amides is 1. The average Bonchev–Trinajstić information content (AvgIpc) is 2.84. The number of nitrogens with one attached hydrogen (secondary N) is 2. The largest absolute Gasteiger partial charge is 0.389 e. The molecular formula is C27H31N5O. The molecule has 0 radical (unpaired) electrons. The first-order valence-corrected chi connectivity index (χ1v) is 11.9. The van der Waals surface area contributed by atoms with Gasteiger partial charge in [0.15, 0.2) is 0 Å². The SMILES string of the molecule is CC1=CC(c2cc(NC3CCN(C(=O)c4ccc(C)nc4)CC3)c3cnccc3c2)CCN1. The fourth-order valence-electron chi connectivity index (χ4n) is 4.91. The highest BCUT2D eigenvalue weighted by atomic mass is 16.2. The second-order valence-corrected chi connectivity index (χ2v) is 9.24. The van der Waals surface area contributed by atoms with E-state index in [9.17, 15) is 4.79 Å². The molecule has 1 atom stereocenters. The van der Waals surface area contributed by atoms with Gasteiger partial charge >= 0.3 is 0 Å². The predicted octanol–water partition coefficient (Wildman–Crippen LogP) is 4.64. The summed E-state index contributed by atoms with van der Waals surface area (Å²) in [6, 6.07) is 10.8. The van der Waals surface area contributed by atoms with E-state index in [0.717, 1.165) is 55.7 Å². The minimum atomic E-state index is 0.0747. The van der Waals surface area contributed by atoms with Crippen LogP contribution in [-0.4, -0.2) is 46.5 Å². The number of pyridine rings is 2. The lowest BCUT2D eigenvalue weighted by Gasteiger charge is -2.33. The van der Waals surface area contributed by atoms with E-state index in [0.29, 0.717) is 17.5 Å². The van der Waals surface area contributed by atoms with Crippen LogP contribution >= 0.6 is 0 Å². The molecule has 3 aromatic rings. The van der Waals surface area contributed by atoms with Crippen molar-refractivity contribution in [3.05, 3.63) is 77.5 Å². The van der Waals surface area contributed by atoms with Crippen LogP contribution in [0.1, 0.15) is 53.7 Å². The molecule has 6 nitrogen and oxygen atoms in total. The van der Waals surface area contributed by atoms with E-state index < -0.39 is 0 Å². The molecule has 2 aliphatic rings. The summed E-state index contributed by atoms with van der Waals surface area (Å²) in [4.78, 5) is 23.4. The Hall–Kier alpha value is -3.41. The second kappa shape index (κ2) is 9.22. The van der Waals surface area contributed by atoms with Crippen LogP contribution in [0.3, 0.4) is 0 Å². The van der Waals surface area contributed by atoms with Crippen molar-refractivity contribution in [2.75, 3.05) is 25.0 Å². The van der Waals surface area contributed by atoms with Gasteiger partial charge in [-0.3, -0.25) is 14.8 Å². The highest BCUT2D eigenvalue weighted by Crippen LogP contribution is 2.33. The lowest BCUT2D eigenvalue weighted by Crippen LogP contribution is -2.42. The Morgan fingerprint density at radius 1 is 1.09 bits per heavy atom. The minimum absolute atomic E-state index is 0.0747. The van der Waals surface area contributed by atoms with Gasteiger partial charge in [-0.2, -0.15) is 0 Å². The van der Waals surface area contributed by atoms with Gasteiger partial charge in [-0.25, -0.2) is 0 Å². The summed E-state index contributed by atoms with van der Waals surface area (Å²) in [5.41, 5.74) is 5.33. The van der Waals surface area contributed by atoms with Crippen LogP contribution in [0.5, 0.6) is 0 Å². The van der Waals surface area contributed by atoms with Gasteiger partial charge in [-0.1, -0.05) is 12.1 Å². The summed E-state index contributed by atoms with van der Waals surface area (Å²) in [6.07, 6.45) is 10.8. The summed E-state index contributed by atoms with van der Waals surface area (Å²) >= 11 is 0. The molecule has 2 aromatic heterocycles. The molecule has 0 spiro atoms. The zero-order valence-electron chi connectivity index (χ0n) is 19.3. The third kappa shape index (κ3) is 4.70. The van der Waals surface area contributed by atoms with Crippen molar-refractivity contribution in [1.29, 1.82) is 0 Å². The molecule has 1 saturated heterocycles. The van der Waals surface area contributed by atoms with Crippen molar-refractivity contribution in [1.82, 2.24) is 20.2 Å². The number of hydrogen-bond acceptors (Lipinski definition) is 5. The van der Waals surface area contributed by atoms with Crippen molar-refractivity contribution in [3.8, 4) is 0 Å². The number of carbonyl (C=O) groups is 1. The normalized spacial score (nSPS) is 19.2.